The maximum absolute atomic E-state index is 3.97. The van der Waals surface area contributed by atoms with Gasteiger partial charge in [-0.3, -0.25) is 21.3 Å². The summed E-state index contributed by atoms with van der Waals surface area (Å²) < 4.78 is 0. The van der Waals surface area contributed by atoms with Gasteiger partial charge in [0, 0.05) is 24.2 Å². The minimum atomic E-state index is -0.0377. The molecule has 4 heteroatoms. The number of piperazine rings is 2. The van der Waals surface area contributed by atoms with E-state index in [0.29, 0.717) is 24.2 Å². The highest BCUT2D eigenvalue weighted by Crippen LogP contribution is 2.36. The summed E-state index contributed by atoms with van der Waals surface area (Å²) in [5, 5.41) is 15.9. The Balaban J connectivity index is 1.60. The van der Waals surface area contributed by atoms with Crippen LogP contribution < -0.4 is 21.3 Å². The topological polar surface area (TPSA) is 48.1 Å². The van der Waals surface area contributed by atoms with Crippen molar-refractivity contribution < 1.29 is 0 Å². The summed E-state index contributed by atoms with van der Waals surface area (Å²) in [4.78, 5) is 0. The Kier molecular flexibility index (Phi) is 3.15. The molecule has 4 nitrogen and oxygen atoms in total. The lowest BCUT2D eigenvalue weighted by molar-refractivity contribution is -0.0523. The molecule has 114 valence electrons. The van der Waals surface area contributed by atoms with Crippen molar-refractivity contribution in [2.75, 3.05) is 0 Å². The standard InChI is InChI=1S/C16H30N4/c1-15-16(2,19-13-9-5-3-7-11(13)17-15)20-14-10-6-4-8-12(14)18-15/h11-14,17-20H,3-10H2,1-2H3/t11-,12-,13-,14-,15?,16?/m1/s1. The summed E-state index contributed by atoms with van der Waals surface area (Å²) >= 11 is 0. The van der Waals surface area contributed by atoms with Crippen LogP contribution in [-0.2, 0) is 0 Å². The Labute approximate surface area is 122 Å². The average Bonchev–Trinajstić information content (AvgIpc) is 2.42. The first-order valence-corrected chi connectivity index (χ1v) is 8.70. The molecule has 20 heavy (non-hydrogen) atoms. The van der Waals surface area contributed by atoms with Gasteiger partial charge in [0.05, 0.1) is 11.3 Å². The van der Waals surface area contributed by atoms with Gasteiger partial charge in [0.1, 0.15) is 0 Å². The molecule has 2 heterocycles. The van der Waals surface area contributed by atoms with E-state index < -0.39 is 0 Å². The van der Waals surface area contributed by atoms with E-state index in [0.717, 1.165) is 0 Å². The minimum absolute atomic E-state index is 0.0377. The third-order valence-corrected chi connectivity index (χ3v) is 6.43. The highest BCUT2D eigenvalue weighted by atomic mass is 15.4. The van der Waals surface area contributed by atoms with Crippen LogP contribution in [0.25, 0.3) is 0 Å². The summed E-state index contributed by atoms with van der Waals surface area (Å²) in [6.45, 7) is 4.70. The second-order valence-corrected chi connectivity index (χ2v) is 7.82. The van der Waals surface area contributed by atoms with E-state index in [1.54, 1.807) is 0 Å². The molecule has 2 saturated carbocycles. The zero-order chi connectivity index (χ0) is 13.8. The van der Waals surface area contributed by atoms with Crippen LogP contribution in [0.5, 0.6) is 0 Å². The van der Waals surface area contributed by atoms with Crippen molar-refractivity contribution in [1.29, 1.82) is 0 Å². The van der Waals surface area contributed by atoms with Crippen molar-refractivity contribution >= 4 is 0 Å². The highest BCUT2D eigenvalue weighted by molar-refractivity contribution is 5.17. The van der Waals surface area contributed by atoms with Gasteiger partial charge in [0.25, 0.3) is 0 Å². The molecule has 4 rings (SSSR count). The monoisotopic (exact) mass is 278 g/mol. The fraction of sp³-hybridized carbons (Fsp3) is 1.00. The third-order valence-electron chi connectivity index (χ3n) is 6.43. The fourth-order valence-corrected chi connectivity index (χ4v) is 5.10. The summed E-state index contributed by atoms with van der Waals surface area (Å²) in [6.07, 6.45) is 10.8. The molecule has 2 saturated heterocycles. The van der Waals surface area contributed by atoms with Crippen LogP contribution in [0, 0.1) is 0 Å². The van der Waals surface area contributed by atoms with Gasteiger partial charge < -0.3 is 0 Å². The first-order valence-electron chi connectivity index (χ1n) is 8.70. The van der Waals surface area contributed by atoms with E-state index in [1.165, 1.54) is 51.4 Å². The fourth-order valence-electron chi connectivity index (χ4n) is 5.10. The zero-order valence-corrected chi connectivity index (χ0v) is 13.0. The Hall–Kier alpha value is -0.160. The molecule has 0 radical (unpaired) electrons. The summed E-state index contributed by atoms with van der Waals surface area (Å²) in [5.74, 6) is 0. The largest absolute Gasteiger partial charge is 0.293 e. The van der Waals surface area contributed by atoms with Gasteiger partial charge in [-0.1, -0.05) is 25.7 Å². The maximum atomic E-state index is 3.97. The molecule has 2 aliphatic heterocycles. The van der Waals surface area contributed by atoms with Gasteiger partial charge in [-0.15, -0.1) is 0 Å². The molecule has 0 aromatic heterocycles. The van der Waals surface area contributed by atoms with E-state index in [4.69, 9.17) is 0 Å². The normalized spacial score (nSPS) is 55.5. The lowest BCUT2D eigenvalue weighted by Gasteiger charge is -2.64. The number of nitrogens with one attached hydrogen (secondary N) is 4. The molecular weight excluding hydrogens is 248 g/mol. The predicted octanol–water partition coefficient (Wildman–Crippen LogP) is 1.43. The van der Waals surface area contributed by atoms with E-state index >= 15 is 0 Å². The van der Waals surface area contributed by atoms with Crippen LogP contribution in [0.15, 0.2) is 0 Å². The highest BCUT2D eigenvalue weighted by Gasteiger charge is 2.57. The first kappa shape index (κ1) is 13.5. The molecule has 4 N–H and O–H groups in total. The van der Waals surface area contributed by atoms with Crippen molar-refractivity contribution in [2.45, 2.75) is 101 Å². The summed E-state index contributed by atoms with van der Waals surface area (Å²) in [5.41, 5.74) is -0.0754. The lowest BCUT2D eigenvalue weighted by Crippen LogP contribution is -2.91. The van der Waals surface area contributed by atoms with Crippen LogP contribution in [0.2, 0.25) is 0 Å². The molecule has 0 aromatic carbocycles. The Morgan fingerprint density at radius 2 is 0.800 bits per heavy atom. The third kappa shape index (κ3) is 1.96. The van der Waals surface area contributed by atoms with Crippen molar-refractivity contribution in [3.05, 3.63) is 0 Å². The van der Waals surface area contributed by atoms with E-state index in [1.807, 2.05) is 0 Å². The number of hydrogen-bond acceptors (Lipinski definition) is 4. The summed E-state index contributed by atoms with van der Waals surface area (Å²) in [7, 11) is 0. The Morgan fingerprint density at radius 3 is 1.05 bits per heavy atom. The van der Waals surface area contributed by atoms with Crippen molar-refractivity contribution in [3.63, 3.8) is 0 Å². The smallest absolute Gasteiger partial charge is 0.0984 e. The molecule has 0 amide bonds. The molecule has 4 atom stereocenters. The van der Waals surface area contributed by atoms with E-state index in [-0.39, 0.29) is 11.3 Å². The Bertz CT molecular complexity index is 319. The quantitative estimate of drug-likeness (QED) is 0.541. The first-order chi connectivity index (χ1) is 9.60. The van der Waals surface area contributed by atoms with Gasteiger partial charge in [-0.2, -0.15) is 0 Å². The van der Waals surface area contributed by atoms with Crippen molar-refractivity contribution in [1.82, 2.24) is 21.3 Å². The second-order valence-electron chi connectivity index (χ2n) is 7.82. The lowest BCUT2D eigenvalue weighted by atomic mass is 9.76. The molecule has 0 bridgehead atoms. The van der Waals surface area contributed by atoms with Crippen LogP contribution in [0.4, 0.5) is 0 Å². The maximum Gasteiger partial charge on any atom is 0.0984 e. The van der Waals surface area contributed by atoms with Crippen LogP contribution in [0.1, 0.15) is 65.2 Å². The van der Waals surface area contributed by atoms with Crippen LogP contribution in [0.3, 0.4) is 0 Å². The molecule has 4 aliphatic rings. The van der Waals surface area contributed by atoms with Gasteiger partial charge in [-0.05, 0) is 39.5 Å². The zero-order valence-electron chi connectivity index (χ0n) is 13.0. The van der Waals surface area contributed by atoms with Gasteiger partial charge in [-0.25, -0.2) is 0 Å². The molecule has 2 aliphatic carbocycles. The second kappa shape index (κ2) is 4.67. The summed E-state index contributed by atoms with van der Waals surface area (Å²) in [6, 6.07) is 2.54. The number of hydrogen-bond donors (Lipinski definition) is 4. The van der Waals surface area contributed by atoms with Gasteiger partial charge >= 0.3 is 0 Å². The molecular formula is C16H30N4. The molecule has 4 fully saturated rings. The Morgan fingerprint density at radius 1 is 0.550 bits per heavy atom. The average molecular weight is 278 g/mol. The van der Waals surface area contributed by atoms with E-state index in [2.05, 4.69) is 35.1 Å². The number of rotatable bonds is 0. The number of fused-ring (bicyclic) bond motifs is 3. The molecule has 0 unspecified atom stereocenters. The van der Waals surface area contributed by atoms with Gasteiger partial charge in [0.15, 0.2) is 0 Å². The predicted molar refractivity (Wildman–Crippen MR) is 81.4 cm³/mol. The molecule has 0 spiro atoms. The van der Waals surface area contributed by atoms with Crippen molar-refractivity contribution in [3.8, 4) is 0 Å². The van der Waals surface area contributed by atoms with Crippen LogP contribution >= 0.6 is 0 Å². The van der Waals surface area contributed by atoms with Gasteiger partial charge in [0.2, 0.25) is 0 Å². The SMILES string of the molecule is CC12N[C@@H]3CCCC[C@H]3NC1(C)N[C@@H]1CCCC[C@H]1N2. The van der Waals surface area contributed by atoms with Crippen molar-refractivity contribution in [2.24, 2.45) is 0 Å². The van der Waals surface area contributed by atoms with E-state index in [9.17, 15) is 0 Å². The minimum Gasteiger partial charge on any atom is -0.293 e. The van der Waals surface area contributed by atoms with Crippen LogP contribution in [-0.4, -0.2) is 35.5 Å². The molecule has 0 aromatic rings.